The van der Waals surface area contributed by atoms with E-state index < -0.39 is 6.10 Å². The number of carbonyl (C=O) groups is 1. The predicted molar refractivity (Wildman–Crippen MR) is 67.2 cm³/mol. The van der Waals surface area contributed by atoms with Crippen LogP contribution in [0.2, 0.25) is 0 Å². The molecular weight excluding hydrogens is 202 g/mol. The van der Waals surface area contributed by atoms with Crippen LogP contribution in [0.25, 0.3) is 0 Å². The minimum absolute atomic E-state index is 0.0481. The number of aliphatic hydroxyl groups is 1. The molecule has 0 saturated heterocycles. The average Bonchev–Trinajstić information content (AvgIpc) is 2.25. The van der Waals surface area contributed by atoms with Gasteiger partial charge in [0.2, 0.25) is 5.91 Å². The zero-order chi connectivity index (χ0) is 12.2. The third-order valence-corrected chi connectivity index (χ3v) is 2.41. The van der Waals surface area contributed by atoms with Gasteiger partial charge in [-0.3, -0.25) is 4.79 Å². The number of carbonyl (C=O) groups excluding carboxylic acids is 1. The second kappa shape index (κ2) is 10.7. The number of hydrogen-bond donors (Lipinski definition) is 2. The topological polar surface area (TPSA) is 49.3 Å². The first-order chi connectivity index (χ1) is 7.66. The van der Waals surface area contributed by atoms with E-state index in [1.54, 1.807) is 6.92 Å². The van der Waals surface area contributed by atoms with Crippen molar-refractivity contribution in [1.82, 2.24) is 5.32 Å². The monoisotopic (exact) mass is 227 g/mol. The fraction of sp³-hybridized carbons (Fsp3) is 0.769. The highest BCUT2D eigenvalue weighted by molar-refractivity contribution is 5.75. The number of unbranched alkanes of at least 4 members (excludes halogenated alkanes) is 5. The van der Waals surface area contributed by atoms with Gasteiger partial charge in [0, 0.05) is 13.0 Å². The van der Waals surface area contributed by atoms with Gasteiger partial charge in [-0.2, -0.15) is 0 Å². The molecule has 0 aliphatic rings. The van der Waals surface area contributed by atoms with Gasteiger partial charge < -0.3 is 10.4 Å². The Kier molecular flexibility index (Phi) is 10.1. The zero-order valence-electron chi connectivity index (χ0n) is 10.4. The van der Waals surface area contributed by atoms with Crippen molar-refractivity contribution in [3.63, 3.8) is 0 Å². The highest BCUT2D eigenvalue weighted by Gasteiger charge is 2.02. The van der Waals surface area contributed by atoms with Crippen LogP contribution in [-0.2, 0) is 4.79 Å². The Morgan fingerprint density at radius 2 is 1.94 bits per heavy atom. The van der Waals surface area contributed by atoms with E-state index in [1.807, 2.05) is 6.08 Å². The molecule has 2 N–H and O–H groups in total. The van der Waals surface area contributed by atoms with Crippen molar-refractivity contribution < 1.29 is 9.90 Å². The Morgan fingerprint density at radius 1 is 1.31 bits per heavy atom. The summed E-state index contributed by atoms with van der Waals surface area (Å²) in [5.41, 5.74) is 0. The molecule has 94 valence electrons. The SMILES string of the molecule is C=CCCCCCCCC(=O)NCC(C)O. The highest BCUT2D eigenvalue weighted by Crippen LogP contribution is 2.07. The summed E-state index contributed by atoms with van der Waals surface area (Å²) >= 11 is 0. The first-order valence-electron chi connectivity index (χ1n) is 6.22. The molecule has 0 aliphatic carbocycles. The van der Waals surface area contributed by atoms with Crippen LogP contribution in [0.4, 0.5) is 0 Å². The van der Waals surface area contributed by atoms with E-state index in [-0.39, 0.29) is 5.91 Å². The van der Waals surface area contributed by atoms with Crippen LogP contribution in [-0.4, -0.2) is 23.7 Å². The lowest BCUT2D eigenvalue weighted by Gasteiger charge is -2.06. The lowest BCUT2D eigenvalue weighted by molar-refractivity contribution is -0.121. The highest BCUT2D eigenvalue weighted by atomic mass is 16.3. The lowest BCUT2D eigenvalue weighted by atomic mass is 10.1. The normalized spacial score (nSPS) is 12.1. The number of nitrogens with one attached hydrogen (secondary N) is 1. The summed E-state index contributed by atoms with van der Waals surface area (Å²) < 4.78 is 0. The predicted octanol–water partition coefficient (Wildman–Crippen LogP) is 2.40. The van der Waals surface area contributed by atoms with Gasteiger partial charge in [0.15, 0.2) is 0 Å². The molecule has 0 saturated carbocycles. The second-order valence-electron chi connectivity index (χ2n) is 4.25. The lowest BCUT2D eigenvalue weighted by Crippen LogP contribution is -2.30. The van der Waals surface area contributed by atoms with Crippen LogP contribution in [0, 0.1) is 0 Å². The molecule has 1 unspecified atom stereocenters. The Morgan fingerprint density at radius 3 is 2.56 bits per heavy atom. The van der Waals surface area contributed by atoms with Gasteiger partial charge in [-0.15, -0.1) is 6.58 Å². The number of amides is 1. The minimum atomic E-state index is -0.456. The molecular formula is C13H25NO2. The summed E-state index contributed by atoms with van der Waals surface area (Å²) in [5, 5.41) is 11.7. The summed E-state index contributed by atoms with van der Waals surface area (Å²) in [6.45, 7) is 5.70. The van der Waals surface area contributed by atoms with Crippen LogP contribution in [0.15, 0.2) is 12.7 Å². The van der Waals surface area contributed by atoms with Crippen LogP contribution >= 0.6 is 0 Å². The molecule has 0 bridgehead atoms. The van der Waals surface area contributed by atoms with E-state index in [0.29, 0.717) is 13.0 Å². The van der Waals surface area contributed by atoms with Gasteiger partial charge in [0.1, 0.15) is 0 Å². The van der Waals surface area contributed by atoms with Crippen molar-refractivity contribution in [2.24, 2.45) is 0 Å². The molecule has 0 rings (SSSR count). The van der Waals surface area contributed by atoms with Gasteiger partial charge in [-0.1, -0.05) is 25.3 Å². The Labute approximate surface area is 98.9 Å². The molecule has 0 aromatic heterocycles. The van der Waals surface area contributed by atoms with Crippen molar-refractivity contribution in [1.29, 1.82) is 0 Å². The molecule has 16 heavy (non-hydrogen) atoms. The Hall–Kier alpha value is -0.830. The maximum Gasteiger partial charge on any atom is 0.220 e. The summed E-state index contributed by atoms with van der Waals surface area (Å²) in [4.78, 5) is 11.2. The van der Waals surface area contributed by atoms with Gasteiger partial charge in [-0.05, 0) is 26.2 Å². The quantitative estimate of drug-likeness (QED) is 0.445. The van der Waals surface area contributed by atoms with Crippen molar-refractivity contribution in [3.05, 3.63) is 12.7 Å². The maximum atomic E-state index is 11.2. The Balaban J connectivity index is 3.18. The van der Waals surface area contributed by atoms with Gasteiger partial charge >= 0.3 is 0 Å². The molecule has 0 spiro atoms. The van der Waals surface area contributed by atoms with Gasteiger partial charge in [0.25, 0.3) is 0 Å². The van der Waals surface area contributed by atoms with E-state index in [0.717, 1.165) is 19.3 Å². The molecule has 0 aromatic carbocycles. The van der Waals surface area contributed by atoms with Crippen molar-refractivity contribution in [3.8, 4) is 0 Å². The van der Waals surface area contributed by atoms with E-state index in [4.69, 9.17) is 5.11 Å². The number of hydrogen-bond acceptors (Lipinski definition) is 2. The van der Waals surface area contributed by atoms with Crippen LogP contribution in [0.3, 0.4) is 0 Å². The first-order valence-corrected chi connectivity index (χ1v) is 6.22. The van der Waals surface area contributed by atoms with E-state index >= 15 is 0 Å². The van der Waals surface area contributed by atoms with Crippen LogP contribution < -0.4 is 5.32 Å². The smallest absolute Gasteiger partial charge is 0.220 e. The Bertz CT molecular complexity index is 190. The zero-order valence-corrected chi connectivity index (χ0v) is 10.4. The van der Waals surface area contributed by atoms with Crippen molar-refractivity contribution in [2.75, 3.05) is 6.54 Å². The molecule has 0 aliphatic heterocycles. The molecule has 1 atom stereocenters. The molecule has 0 aromatic rings. The first kappa shape index (κ1) is 15.2. The minimum Gasteiger partial charge on any atom is -0.392 e. The molecule has 3 heteroatoms. The summed E-state index contributed by atoms with van der Waals surface area (Å²) in [6, 6.07) is 0. The van der Waals surface area contributed by atoms with E-state index in [9.17, 15) is 4.79 Å². The van der Waals surface area contributed by atoms with E-state index in [1.165, 1.54) is 19.3 Å². The van der Waals surface area contributed by atoms with Crippen LogP contribution in [0.5, 0.6) is 0 Å². The third-order valence-electron chi connectivity index (χ3n) is 2.41. The van der Waals surface area contributed by atoms with E-state index in [2.05, 4.69) is 11.9 Å². The van der Waals surface area contributed by atoms with Crippen LogP contribution in [0.1, 0.15) is 51.9 Å². The van der Waals surface area contributed by atoms with Crippen molar-refractivity contribution >= 4 is 5.91 Å². The third kappa shape index (κ3) is 11.2. The number of aliphatic hydroxyl groups excluding tert-OH is 1. The molecule has 0 heterocycles. The summed E-state index contributed by atoms with van der Waals surface area (Å²) in [5.74, 6) is 0.0481. The second-order valence-corrected chi connectivity index (χ2v) is 4.25. The number of allylic oxidation sites excluding steroid dienone is 1. The summed E-state index contributed by atoms with van der Waals surface area (Å²) in [7, 11) is 0. The number of rotatable bonds is 10. The maximum absolute atomic E-state index is 11.2. The standard InChI is InChI=1S/C13H25NO2/c1-3-4-5-6-7-8-9-10-13(16)14-11-12(2)15/h3,12,15H,1,4-11H2,2H3,(H,14,16). The summed E-state index contributed by atoms with van der Waals surface area (Å²) in [6.07, 6.45) is 8.84. The largest absolute Gasteiger partial charge is 0.392 e. The molecule has 0 fully saturated rings. The van der Waals surface area contributed by atoms with Gasteiger partial charge in [-0.25, -0.2) is 0 Å². The molecule has 3 nitrogen and oxygen atoms in total. The van der Waals surface area contributed by atoms with Gasteiger partial charge in [0.05, 0.1) is 6.10 Å². The van der Waals surface area contributed by atoms with Crippen molar-refractivity contribution in [2.45, 2.75) is 58.0 Å². The fourth-order valence-corrected chi connectivity index (χ4v) is 1.45. The fourth-order valence-electron chi connectivity index (χ4n) is 1.45. The average molecular weight is 227 g/mol. The molecule has 1 amide bonds. The molecule has 0 radical (unpaired) electrons.